The third-order valence-electron chi connectivity index (χ3n) is 12.3. The molecule has 1 saturated heterocycles. The lowest BCUT2D eigenvalue weighted by Gasteiger charge is -2.64. The Labute approximate surface area is 308 Å². The maximum atomic E-state index is 14.3. The van der Waals surface area contributed by atoms with Crippen LogP contribution in [0.15, 0.2) is 99.2 Å². The van der Waals surface area contributed by atoms with Crippen molar-refractivity contribution in [2.24, 2.45) is 37.8 Å². The van der Waals surface area contributed by atoms with Crippen LogP contribution in [0.1, 0.15) is 65.9 Å². The van der Waals surface area contributed by atoms with E-state index in [0.29, 0.717) is 29.9 Å². The molecule has 274 valence electrons. The highest BCUT2D eigenvalue weighted by Gasteiger charge is 2.89. The Morgan fingerprint density at radius 3 is 2.37 bits per heavy atom. The number of aliphatic hydroxyl groups excluding tert-OH is 1. The van der Waals surface area contributed by atoms with Crippen molar-refractivity contribution in [2.45, 2.75) is 78.1 Å². The number of halogens is 1. The van der Waals surface area contributed by atoms with Crippen molar-refractivity contribution in [2.75, 3.05) is 11.5 Å². The number of rotatable bonds is 4. The number of hydrogen-bond donors (Lipinski definition) is 3. The molecule has 12 nitrogen and oxygen atoms in total. The van der Waals surface area contributed by atoms with E-state index in [4.69, 9.17) is 25.4 Å². The van der Waals surface area contributed by atoms with Gasteiger partial charge < -0.3 is 30.5 Å². The molecule has 5 N–H and O–H groups in total. The third kappa shape index (κ3) is 5.05. The number of nitrogen functional groups attached to an aromatic ring is 2. The van der Waals surface area contributed by atoms with Gasteiger partial charge in [-0.25, -0.2) is 4.98 Å². The Hall–Kier alpha value is -4.81. The summed E-state index contributed by atoms with van der Waals surface area (Å²) in [5, 5.41) is 19.5. The van der Waals surface area contributed by atoms with Gasteiger partial charge in [0, 0.05) is 23.7 Å². The van der Waals surface area contributed by atoms with Gasteiger partial charge in [0.05, 0.1) is 35.1 Å². The van der Waals surface area contributed by atoms with Gasteiger partial charge in [-0.1, -0.05) is 38.1 Å². The SMILES string of the molecule is CC(=O)OC1CC2(C)C(c3ccoc3)CC3OC32C2(C)C(=O)C(O)=C3C(C)(C)C(=O)C=CC3(C)C12.Cl.Nc1ccc(N=Nc2ccccc2)c(N)n1. The van der Waals surface area contributed by atoms with Crippen LogP contribution >= 0.6 is 12.4 Å². The largest absolute Gasteiger partial charge is 0.504 e. The lowest BCUT2D eigenvalue weighted by atomic mass is 9.38. The second-order valence-electron chi connectivity index (χ2n) is 15.5. The van der Waals surface area contributed by atoms with Gasteiger partial charge in [-0.15, -0.1) is 17.5 Å². The van der Waals surface area contributed by atoms with Crippen LogP contribution in [0.2, 0.25) is 0 Å². The van der Waals surface area contributed by atoms with E-state index in [2.05, 4.69) is 22.1 Å². The van der Waals surface area contributed by atoms with Crippen LogP contribution in [0.3, 0.4) is 0 Å². The van der Waals surface area contributed by atoms with Crippen LogP contribution in [0.5, 0.6) is 0 Å². The van der Waals surface area contributed by atoms with E-state index in [1.54, 1.807) is 50.7 Å². The van der Waals surface area contributed by atoms with E-state index in [9.17, 15) is 19.5 Å². The monoisotopic (exact) mass is 729 g/mol. The Bertz CT molecular complexity index is 2030. The number of aromatic nitrogens is 1. The highest BCUT2D eigenvalue weighted by atomic mass is 35.5. The quantitative estimate of drug-likeness (QED) is 0.137. The first-order valence-corrected chi connectivity index (χ1v) is 17.1. The smallest absolute Gasteiger partial charge is 0.302 e. The second kappa shape index (κ2) is 12.4. The zero-order valence-electron chi connectivity index (χ0n) is 30.0. The van der Waals surface area contributed by atoms with Crippen molar-refractivity contribution in [3.63, 3.8) is 0 Å². The molecule has 8 unspecified atom stereocenters. The first kappa shape index (κ1) is 37.0. The summed E-state index contributed by atoms with van der Waals surface area (Å²) in [6, 6.07) is 14.7. The van der Waals surface area contributed by atoms with Crippen LogP contribution in [-0.4, -0.2) is 45.4 Å². The average molecular weight is 730 g/mol. The Kier molecular flexibility index (Phi) is 8.82. The van der Waals surface area contributed by atoms with Gasteiger partial charge in [-0.3, -0.25) is 14.4 Å². The Morgan fingerprint density at radius 1 is 1.02 bits per heavy atom. The number of ketones is 2. The number of esters is 1. The second-order valence-corrected chi connectivity index (χ2v) is 15.5. The number of benzene rings is 1. The molecule has 52 heavy (non-hydrogen) atoms. The van der Waals surface area contributed by atoms with E-state index >= 15 is 0 Å². The number of fused-ring (bicyclic) bond motifs is 3. The highest BCUT2D eigenvalue weighted by Crippen LogP contribution is 2.81. The average Bonchev–Trinajstić information content (AvgIpc) is 3.43. The van der Waals surface area contributed by atoms with E-state index < -0.39 is 51.0 Å². The van der Waals surface area contributed by atoms with Gasteiger partial charge >= 0.3 is 5.97 Å². The van der Waals surface area contributed by atoms with Crippen LogP contribution in [0.4, 0.5) is 23.0 Å². The number of carbonyl (C=O) groups is 3. The van der Waals surface area contributed by atoms with Crippen molar-refractivity contribution in [3.05, 3.63) is 90.1 Å². The minimum Gasteiger partial charge on any atom is -0.504 e. The summed E-state index contributed by atoms with van der Waals surface area (Å²) in [6.07, 6.45) is 7.17. The summed E-state index contributed by atoms with van der Waals surface area (Å²) < 4.78 is 17.9. The molecule has 2 saturated carbocycles. The molecule has 13 heteroatoms. The van der Waals surface area contributed by atoms with Crippen molar-refractivity contribution < 1.29 is 33.4 Å². The predicted molar refractivity (Wildman–Crippen MR) is 195 cm³/mol. The molecule has 5 aliphatic rings. The summed E-state index contributed by atoms with van der Waals surface area (Å²) in [5.41, 5.74) is 9.33. The highest BCUT2D eigenvalue weighted by molar-refractivity contribution is 6.06. The summed E-state index contributed by atoms with van der Waals surface area (Å²) in [6.45, 7) is 10.8. The van der Waals surface area contributed by atoms with Crippen molar-refractivity contribution in [1.29, 1.82) is 0 Å². The molecule has 3 heterocycles. The summed E-state index contributed by atoms with van der Waals surface area (Å²) in [5.74, 6) is -1.19. The number of aliphatic hydroxyl groups is 1. The number of hydrogen-bond acceptors (Lipinski definition) is 12. The molecule has 4 aliphatic carbocycles. The fourth-order valence-electron chi connectivity index (χ4n) is 10.4. The number of epoxide rings is 1. The van der Waals surface area contributed by atoms with E-state index in [1.807, 2.05) is 50.2 Å². The number of anilines is 2. The number of ether oxygens (including phenoxy) is 2. The van der Waals surface area contributed by atoms with E-state index in [-0.39, 0.29) is 41.8 Å². The zero-order valence-corrected chi connectivity index (χ0v) is 30.8. The minimum atomic E-state index is -1.17. The number of azo groups is 1. The van der Waals surface area contributed by atoms with Gasteiger partial charge in [0.25, 0.3) is 0 Å². The molecule has 3 fully saturated rings. The Morgan fingerprint density at radius 2 is 1.73 bits per heavy atom. The topological polar surface area (TPSA) is 196 Å². The van der Waals surface area contributed by atoms with Gasteiger partial charge in [-0.2, -0.15) is 5.11 Å². The molecule has 3 aromatic rings. The lowest BCUT2D eigenvalue weighted by Crippen LogP contribution is -2.70. The zero-order chi connectivity index (χ0) is 36.7. The third-order valence-corrected chi connectivity index (χ3v) is 12.3. The predicted octanol–water partition coefficient (Wildman–Crippen LogP) is 7.52. The van der Waals surface area contributed by atoms with Crippen LogP contribution in [0.25, 0.3) is 0 Å². The maximum Gasteiger partial charge on any atom is 0.302 e. The molecular formula is C39H44ClN5O7. The minimum absolute atomic E-state index is 0. The van der Waals surface area contributed by atoms with Crippen LogP contribution in [-0.2, 0) is 23.9 Å². The van der Waals surface area contributed by atoms with Crippen LogP contribution in [0, 0.1) is 27.6 Å². The van der Waals surface area contributed by atoms with E-state index in [0.717, 1.165) is 11.3 Å². The van der Waals surface area contributed by atoms with Gasteiger partial charge in [0.1, 0.15) is 23.2 Å². The molecule has 0 radical (unpaired) electrons. The molecule has 0 amide bonds. The molecule has 1 spiro atoms. The van der Waals surface area contributed by atoms with E-state index in [1.165, 1.54) is 6.92 Å². The summed E-state index contributed by atoms with van der Waals surface area (Å²) in [7, 11) is 0. The summed E-state index contributed by atoms with van der Waals surface area (Å²) in [4.78, 5) is 43.5. The molecule has 8 atom stereocenters. The first-order valence-electron chi connectivity index (χ1n) is 17.1. The molecule has 2 aromatic heterocycles. The van der Waals surface area contributed by atoms with Gasteiger partial charge in [0.2, 0.25) is 5.78 Å². The molecule has 1 aromatic carbocycles. The first-order chi connectivity index (χ1) is 24.0. The van der Waals surface area contributed by atoms with Crippen molar-refractivity contribution in [3.8, 4) is 0 Å². The number of pyridine rings is 1. The van der Waals surface area contributed by atoms with Gasteiger partial charge in [-0.05, 0) is 87.1 Å². The van der Waals surface area contributed by atoms with Crippen LogP contribution < -0.4 is 11.5 Å². The fraction of sp³-hybridized carbons (Fsp3) is 0.436. The fourth-order valence-corrected chi connectivity index (χ4v) is 10.4. The number of carbonyl (C=O) groups excluding carboxylic acids is 3. The van der Waals surface area contributed by atoms with Gasteiger partial charge in [0.15, 0.2) is 17.4 Å². The number of nitrogens with zero attached hydrogens (tertiary/aromatic N) is 3. The lowest BCUT2D eigenvalue weighted by molar-refractivity contribution is -0.200. The molecule has 8 rings (SSSR count). The normalized spacial score (nSPS) is 35.0. The molecular weight excluding hydrogens is 686 g/mol. The number of Topliss-reactive ketones (excluding diaryl/α,β-unsaturated/α-hetero) is 1. The molecule has 1 aliphatic heterocycles. The van der Waals surface area contributed by atoms with Crippen molar-refractivity contribution >= 4 is 53.0 Å². The molecule has 0 bridgehead atoms. The maximum absolute atomic E-state index is 14.3. The summed E-state index contributed by atoms with van der Waals surface area (Å²) >= 11 is 0. The Balaban J connectivity index is 0.000000230. The number of allylic oxidation sites excluding steroid dienone is 4. The standard InChI is InChI=1S/C28H32O7.C11H11N5.ClH/c1-14(29)34-17-12-26(5)16(15-8-10-33-13-15)11-19-28(26,35-19)27(6)21(17)25(4)9-7-18(30)24(2,3)22(25)20(31)23(27)32;12-10-7-6-9(11(13)14-10)16-15-8-4-2-1-3-5-8;/h7-10,13,16-17,19,21,31H,11-12H2,1-6H3;1-7H,(H4,12,13,14);1H. The number of nitrogens with two attached hydrogens (primary N) is 2. The number of furan rings is 1. The van der Waals surface area contributed by atoms with Crippen molar-refractivity contribution in [1.82, 2.24) is 4.98 Å².